The zero-order valence-electron chi connectivity index (χ0n) is 17.2. The summed E-state index contributed by atoms with van der Waals surface area (Å²) in [6.45, 7) is 5.53. The molecule has 3 rings (SSSR count). The molecule has 1 heterocycles. The number of aliphatic carboxylic acids is 1. The van der Waals surface area contributed by atoms with Crippen molar-refractivity contribution in [1.29, 1.82) is 0 Å². The van der Waals surface area contributed by atoms with E-state index in [-0.39, 0.29) is 0 Å². The molecule has 0 amide bonds. The van der Waals surface area contributed by atoms with Crippen molar-refractivity contribution in [2.45, 2.75) is 37.7 Å². The summed E-state index contributed by atoms with van der Waals surface area (Å²) in [6, 6.07) is 10.3. The number of carbonyl (C=O) groups is 2. The number of nitrogens with zero attached hydrogens (tertiary/aromatic N) is 2. The molecule has 30 heavy (non-hydrogen) atoms. The lowest BCUT2D eigenvalue weighted by molar-refractivity contribution is -0.144. The molecule has 1 atom stereocenters. The van der Waals surface area contributed by atoms with Gasteiger partial charge >= 0.3 is 11.9 Å². The second-order valence-corrected chi connectivity index (χ2v) is 8.93. The van der Waals surface area contributed by atoms with Gasteiger partial charge in [0.2, 0.25) is 0 Å². The zero-order valence-corrected chi connectivity index (χ0v) is 18.0. The molecule has 8 heteroatoms. The van der Waals surface area contributed by atoms with Crippen LogP contribution in [-0.4, -0.2) is 33.7 Å². The van der Waals surface area contributed by atoms with Crippen molar-refractivity contribution in [2.75, 3.05) is 7.11 Å². The van der Waals surface area contributed by atoms with Gasteiger partial charge in [-0.1, -0.05) is 44.7 Å². The van der Waals surface area contributed by atoms with Crippen LogP contribution in [0.15, 0.2) is 47.6 Å². The Hall–Kier alpha value is -2.87. The van der Waals surface area contributed by atoms with Gasteiger partial charge in [-0.15, -0.1) is 0 Å². The third-order valence-electron chi connectivity index (χ3n) is 4.65. The smallest absolute Gasteiger partial charge is 0.337 e. The van der Waals surface area contributed by atoms with Crippen LogP contribution in [0, 0.1) is 11.2 Å². The fourth-order valence-electron chi connectivity index (χ4n) is 3.32. The highest BCUT2D eigenvalue weighted by Gasteiger charge is 2.36. The van der Waals surface area contributed by atoms with Crippen molar-refractivity contribution in [2.24, 2.45) is 5.41 Å². The molecule has 1 unspecified atom stereocenters. The molecule has 3 aromatic rings. The summed E-state index contributed by atoms with van der Waals surface area (Å²) >= 11 is 1.34. The molecule has 0 spiro atoms. The Morgan fingerprint density at radius 1 is 1.23 bits per heavy atom. The molecule has 0 saturated heterocycles. The molecule has 1 aromatic heterocycles. The molecule has 158 valence electrons. The highest BCUT2D eigenvalue weighted by atomic mass is 32.2. The second-order valence-electron chi connectivity index (χ2n) is 7.98. The SMILES string of the molecule is COC(=O)c1cccc(CSc2nc3cc(F)ccc3n2C(C(=O)O)C(C)(C)C)c1. The largest absolute Gasteiger partial charge is 0.480 e. The van der Waals surface area contributed by atoms with E-state index in [9.17, 15) is 19.1 Å². The summed E-state index contributed by atoms with van der Waals surface area (Å²) in [5.41, 5.74) is 1.65. The number of rotatable bonds is 6. The van der Waals surface area contributed by atoms with Crippen LogP contribution in [0.2, 0.25) is 0 Å². The minimum atomic E-state index is -0.985. The number of methoxy groups -OCH3 is 1. The average Bonchev–Trinajstić information content (AvgIpc) is 3.01. The molecular weight excluding hydrogens is 407 g/mol. The number of benzene rings is 2. The maximum atomic E-state index is 13.8. The number of aromatic nitrogens is 2. The number of fused-ring (bicyclic) bond motifs is 1. The standard InChI is InChI=1S/C22H23FN2O4S/c1-22(2,3)18(19(26)27)25-17-9-8-15(23)11-16(17)24-21(25)30-12-13-6-5-7-14(10-13)20(28)29-4/h5-11,18H,12H2,1-4H3,(H,26,27). The number of hydrogen-bond acceptors (Lipinski definition) is 5. The molecule has 0 aliphatic carbocycles. The molecule has 0 aliphatic heterocycles. The number of carboxylic acid groups (broad SMARTS) is 1. The number of halogens is 1. The van der Waals surface area contributed by atoms with Crippen molar-refractivity contribution >= 4 is 34.7 Å². The average molecular weight is 431 g/mol. The highest BCUT2D eigenvalue weighted by Crippen LogP contribution is 2.38. The van der Waals surface area contributed by atoms with Crippen LogP contribution in [-0.2, 0) is 15.3 Å². The number of esters is 1. The number of carboxylic acids is 1. The van der Waals surface area contributed by atoms with Gasteiger partial charge in [0.1, 0.15) is 11.9 Å². The molecule has 1 N–H and O–H groups in total. The van der Waals surface area contributed by atoms with Crippen molar-refractivity contribution in [3.05, 3.63) is 59.4 Å². The summed E-state index contributed by atoms with van der Waals surface area (Å²) in [5.74, 6) is -1.39. The maximum absolute atomic E-state index is 13.8. The van der Waals surface area contributed by atoms with E-state index in [1.807, 2.05) is 26.8 Å². The topological polar surface area (TPSA) is 81.4 Å². The van der Waals surface area contributed by atoms with E-state index < -0.39 is 29.2 Å². The predicted molar refractivity (Wildman–Crippen MR) is 113 cm³/mol. The number of ether oxygens (including phenoxy) is 1. The van der Waals surface area contributed by atoms with Gasteiger partial charge in [0.05, 0.1) is 23.7 Å². The molecule has 0 aliphatic rings. The Kier molecular flexibility index (Phi) is 6.17. The van der Waals surface area contributed by atoms with Crippen LogP contribution in [0.25, 0.3) is 11.0 Å². The first-order valence-corrected chi connectivity index (χ1v) is 10.3. The number of thioether (sulfide) groups is 1. The molecule has 0 radical (unpaired) electrons. The Bertz CT molecular complexity index is 1100. The van der Waals surface area contributed by atoms with E-state index in [1.54, 1.807) is 28.8 Å². The number of imidazole rings is 1. The Morgan fingerprint density at radius 3 is 2.60 bits per heavy atom. The molecule has 6 nitrogen and oxygen atoms in total. The van der Waals surface area contributed by atoms with E-state index in [0.717, 1.165) is 5.56 Å². The Balaban J connectivity index is 2.03. The van der Waals surface area contributed by atoms with Gasteiger partial charge in [-0.05, 0) is 35.2 Å². The third kappa shape index (κ3) is 4.48. The van der Waals surface area contributed by atoms with E-state index in [0.29, 0.717) is 27.5 Å². The van der Waals surface area contributed by atoms with Crippen molar-refractivity contribution in [3.63, 3.8) is 0 Å². The summed E-state index contributed by atoms with van der Waals surface area (Å²) < 4.78 is 20.2. The quantitative estimate of drug-likeness (QED) is 0.441. The van der Waals surface area contributed by atoms with Crippen molar-refractivity contribution in [1.82, 2.24) is 9.55 Å². The lowest BCUT2D eigenvalue weighted by atomic mass is 9.86. The van der Waals surface area contributed by atoms with Crippen LogP contribution >= 0.6 is 11.8 Å². The highest BCUT2D eigenvalue weighted by molar-refractivity contribution is 7.98. The van der Waals surface area contributed by atoms with Crippen LogP contribution in [0.4, 0.5) is 4.39 Å². The number of carbonyl (C=O) groups excluding carboxylic acids is 1. The van der Waals surface area contributed by atoms with Crippen molar-refractivity contribution < 1.29 is 23.8 Å². The minimum absolute atomic E-state index is 0.399. The van der Waals surface area contributed by atoms with Crippen molar-refractivity contribution in [3.8, 4) is 0 Å². The van der Waals surface area contributed by atoms with Crippen LogP contribution in [0.5, 0.6) is 0 Å². The van der Waals surface area contributed by atoms with Gasteiger partial charge < -0.3 is 14.4 Å². The molecular formula is C22H23FN2O4S. The van der Waals surface area contributed by atoms with E-state index in [4.69, 9.17) is 4.74 Å². The maximum Gasteiger partial charge on any atom is 0.337 e. The van der Waals surface area contributed by atoms with E-state index in [2.05, 4.69) is 4.98 Å². The van der Waals surface area contributed by atoms with Crippen LogP contribution in [0.1, 0.15) is 42.7 Å². The monoisotopic (exact) mass is 430 g/mol. The first-order valence-electron chi connectivity index (χ1n) is 9.32. The van der Waals surface area contributed by atoms with Gasteiger partial charge in [-0.2, -0.15) is 0 Å². The summed E-state index contributed by atoms with van der Waals surface area (Å²) in [5, 5.41) is 10.4. The van der Waals surface area contributed by atoms with Crippen LogP contribution < -0.4 is 0 Å². The second kappa shape index (κ2) is 8.47. The lowest BCUT2D eigenvalue weighted by Gasteiger charge is -2.29. The lowest BCUT2D eigenvalue weighted by Crippen LogP contribution is -2.32. The zero-order chi connectivity index (χ0) is 22.1. The van der Waals surface area contributed by atoms with Gasteiger partial charge in [0.15, 0.2) is 5.16 Å². The fraction of sp³-hybridized carbons (Fsp3) is 0.318. The summed E-state index contributed by atoms with van der Waals surface area (Å²) in [4.78, 5) is 28.4. The normalized spacial score (nSPS) is 12.7. The van der Waals surface area contributed by atoms with E-state index in [1.165, 1.54) is 31.0 Å². The van der Waals surface area contributed by atoms with Gasteiger partial charge in [-0.25, -0.2) is 19.0 Å². The molecule has 0 bridgehead atoms. The first kappa shape index (κ1) is 21.8. The van der Waals surface area contributed by atoms with E-state index >= 15 is 0 Å². The van der Waals surface area contributed by atoms with Crippen LogP contribution in [0.3, 0.4) is 0 Å². The number of hydrogen-bond donors (Lipinski definition) is 1. The van der Waals surface area contributed by atoms with Gasteiger partial charge in [-0.3, -0.25) is 0 Å². The first-order chi connectivity index (χ1) is 14.1. The molecule has 0 saturated carbocycles. The molecule has 0 fully saturated rings. The van der Waals surface area contributed by atoms with Gasteiger partial charge in [0.25, 0.3) is 0 Å². The predicted octanol–water partition coefficient (Wildman–Crippen LogP) is 4.93. The Labute approximate surface area is 178 Å². The minimum Gasteiger partial charge on any atom is -0.480 e. The third-order valence-corrected chi connectivity index (χ3v) is 5.67. The summed E-state index contributed by atoms with van der Waals surface area (Å²) in [7, 11) is 1.32. The molecule has 2 aromatic carbocycles. The fourth-order valence-corrected chi connectivity index (χ4v) is 4.30. The summed E-state index contributed by atoms with van der Waals surface area (Å²) in [6.07, 6.45) is 0. The Morgan fingerprint density at radius 2 is 1.97 bits per heavy atom. The van der Waals surface area contributed by atoms with Gasteiger partial charge in [0, 0.05) is 11.8 Å².